The van der Waals surface area contributed by atoms with Crippen LogP contribution in [0.3, 0.4) is 0 Å². The Morgan fingerprint density at radius 3 is 1.93 bits per heavy atom. The van der Waals surface area contributed by atoms with Gasteiger partial charge >= 0.3 is 0 Å². The van der Waals surface area contributed by atoms with E-state index in [1.807, 2.05) is 0 Å². The summed E-state index contributed by atoms with van der Waals surface area (Å²) in [6, 6.07) is 13.9. The molecule has 0 N–H and O–H groups in total. The maximum atomic E-state index is 12.8. The molecule has 0 aliphatic carbocycles. The van der Waals surface area contributed by atoms with Crippen LogP contribution in [0.1, 0.15) is 44.4 Å². The number of carbonyl (C=O) groups excluding carboxylic acids is 3. The van der Waals surface area contributed by atoms with E-state index in [0.29, 0.717) is 24.1 Å². The molecule has 1 atom stereocenters. The summed E-state index contributed by atoms with van der Waals surface area (Å²) in [5.41, 5.74) is 0.874. The number of ketones is 2. The van der Waals surface area contributed by atoms with Crippen molar-refractivity contribution in [3.8, 4) is 0 Å². The molecule has 1 aliphatic rings. The normalized spacial score (nSPS) is 17.8. The Morgan fingerprint density at radius 2 is 1.43 bits per heavy atom. The molecule has 2 aromatic carbocycles. The largest absolute Gasteiger partial charge is 0.335 e. The zero-order chi connectivity index (χ0) is 20.3. The Bertz CT molecular complexity index is 997. The van der Waals surface area contributed by atoms with Crippen molar-refractivity contribution in [2.45, 2.75) is 19.4 Å². The first kappa shape index (κ1) is 19.9. The van der Waals surface area contributed by atoms with E-state index in [2.05, 4.69) is 0 Å². The monoisotopic (exact) mass is 399 g/mol. The Balaban J connectivity index is 1.75. The van der Waals surface area contributed by atoms with E-state index in [9.17, 15) is 22.8 Å². The van der Waals surface area contributed by atoms with Gasteiger partial charge in [-0.05, 0) is 25.5 Å². The molecule has 0 aromatic heterocycles. The van der Waals surface area contributed by atoms with Crippen LogP contribution in [0.2, 0.25) is 0 Å². The minimum absolute atomic E-state index is 0.0191. The van der Waals surface area contributed by atoms with Gasteiger partial charge in [0.15, 0.2) is 9.84 Å². The van der Waals surface area contributed by atoms with Gasteiger partial charge in [-0.25, -0.2) is 8.42 Å². The molecule has 0 spiro atoms. The summed E-state index contributed by atoms with van der Waals surface area (Å²) in [6.45, 7) is 2.20. The number of amides is 1. The van der Waals surface area contributed by atoms with Gasteiger partial charge in [-0.1, -0.05) is 42.5 Å². The average molecular weight is 399 g/mol. The van der Waals surface area contributed by atoms with Crippen molar-refractivity contribution in [1.29, 1.82) is 0 Å². The standard InChI is InChI=1S/C21H21NO5S/c1-2-22(18-12-13-28(26,27)14-18)21(25)17-10-8-16(9-11-17)20(24)19(23)15-6-4-3-5-7-15/h3-11,18H,2,12-14H2,1H3/t18-/m0/s1. The van der Waals surface area contributed by atoms with Crippen LogP contribution in [0.4, 0.5) is 0 Å². The summed E-state index contributed by atoms with van der Waals surface area (Å²) in [5, 5.41) is 0. The van der Waals surface area contributed by atoms with Crippen LogP contribution in [0.15, 0.2) is 54.6 Å². The van der Waals surface area contributed by atoms with Gasteiger partial charge in [-0.2, -0.15) is 0 Å². The van der Waals surface area contributed by atoms with Gasteiger partial charge in [-0.15, -0.1) is 0 Å². The molecule has 3 rings (SSSR count). The van der Waals surface area contributed by atoms with Crippen molar-refractivity contribution in [2.75, 3.05) is 18.1 Å². The van der Waals surface area contributed by atoms with Crippen LogP contribution in [0, 0.1) is 0 Å². The molecule has 1 saturated heterocycles. The van der Waals surface area contributed by atoms with Crippen LogP contribution in [-0.2, 0) is 9.84 Å². The zero-order valence-electron chi connectivity index (χ0n) is 15.5. The highest BCUT2D eigenvalue weighted by molar-refractivity contribution is 7.91. The second kappa shape index (κ2) is 8.06. The number of hydrogen-bond acceptors (Lipinski definition) is 5. The number of benzene rings is 2. The third-order valence-electron chi connectivity index (χ3n) is 4.89. The molecule has 0 saturated carbocycles. The fourth-order valence-corrected chi connectivity index (χ4v) is 5.10. The molecule has 1 heterocycles. The van der Waals surface area contributed by atoms with Gasteiger partial charge < -0.3 is 4.90 Å². The lowest BCUT2D eigenvalue weighted by Gasteiger charge is -2.27. The second-order valence-corrected chi connectivity index (χ2v) is 8.98. The third-order valence-corrected chi connectivity index (χ3v) is 6.64. The van der Waals surface area contributed by atoms with Gasteiger partial charge in [0.2, 0.25) is 11.6 Å². The van der Waals surface area contributed by atoms with E-state index in [1.165, 1.54) is 24.3 Å². The average Bonchev–Trinajstić information content (AvgIpc) is 3.07. The maximum Gasteiger partial charge on any atom is 0.254 e. The molecule has 0 unspecified atom stereocenters. The molecule has 1 fully saturated rings. The van der Waals surface area contributed by atoms with E-state index < -0.39 is 21.4 Å². The fourth-order valence-electron chi connectivity index (χ4n) is 3.37. The Labute approximate surface area is 164 Å². The van der Waals surface area contributed by atoms with Crippen molar-refractivity contribution in [2.24, 2.45) is 0 Å². The summed E-state index contributed by atoms with van der Waals surface area (Å²) >= 11 is 0. The van der Waals surface area contributed by atoms with Crippen LogP contribution in [0.5, 0.6) is 0 Å². The second-order valence-electron chi connectivity index (χ2n) is 6.75. The number of carbonyl (C=O) groups is 3. The molecular formula is C21H21NO5S. The highest BCUT2D eigenvalue weighted by Gasteiger charge is 2.34. The van der Waals surface area contributed by atoms with Crippen molar-refractivity contribution >= 4 is 27.3 Å². The van der Waals surface area contributed by atoms with E-state index >= 15 is 0 Å². The summed E-state index contributed by atoms with van der Waals surface area (Å²) in [4.78, 5) is 39.0. The number of Topliss-reactive ketones (excluding diaryl/α,β-unsaturated/α-hetero) is 2. The van der Waals surface area contributed by atoms with E-state index in [0.717, 1.165) is 0 Å². The van der Waals surface area contributed by atoms with Crippen LogP contribution < -0.4 is 0 Å². The minimum atomic E-state index is -3.10. The predicted molar refractivity (Wildman–Crippen MR) is 105 cm³/mol. The first-order chi connectivity index (χ1) is 13.3. The van der Waals surface area contributed by atoms with Gasteiger partial charge in [0.25, 0.3) is 5.91 Å². The predicted octanol–water partition coefficient (Wildman–Crippen LogP) is 2.40. The van der Waals surface area contributed by atoms with Crippen LogP contribution in [0.25, 0.3) is 0 Å². The molecule has 28 heavy (non-hydrogen) atoms. The van der Waals surface area contributed by atoms with Crippen LogP contribution >= 0.6 is 0 Å². The number of sulfone groups is 1. The number of hydrogen-bond donors (Lipinski definition) is 0. The van der Waals surface area contributed by atoms with E-state index in [-0.39, 0.29) is 29.0 Å². The molecule has 1 amide bonds. The summed E-state index contributed by atoms with van der Waals surface area (Å²) in [6.07, 6.45) is 0.435. The Kier molecular flexibility index (Phi) is 5.74. The van der Waals surface area contributed by atoms with Crippen molar-refractivity contribution in [3.63, 3.8) is 0 Å². The molecule has 7 heteroatoms. The Morgan fingerprint density at radius 1 is 0.893 bits per heavy atom. The third kappa shape index (κ3) is 4.20. The van der Waals surface area contributed by atoms with E-state index in [4.69, 9.17) is 0 Å². The van der Waals surface area contributed by atoms with Crippen molar-refractivity contribution in [3.05, 3.63) is 71.3 Å². The fraction of sp³-hybridized carbons (Fsp3) is 0.286. The highest BCUT2D eigenvalue weighted by atomic mass is 32.2. The molecule has 0 bridgehead atoms. The summed E-state index contributed by atoms with van der Waals surface area (Å²) in [7, 11) is -3.10. The lowest BCUT2D eigenvalue weighted by atomic mass is 10.0. The lowest BCUT2D eigenvalue weighted by Crippen LogP contribution is -2.41. The Hall–Kier alpha value is -2.80. The number of nitrogens with zero attached hydrogens (tertiary/aromatic N) is 1. The smallest absolute Gasteiger partial charge is 0.254 e. The van der Waals surface area contributed by atoms with Crippen LogP contribution in [-0.4, -0.2) is 54.9 Å². The molecule has 146 valence electrons. The maximum absolute atomic E-state index is 12.8. The van der Waals surface area contributed by atoms with Gasteiger partial charge in [0, 0.05) is 29.3 Å². The SMILES string of the molecule is CCN(C(=O)c1ccc(C(=O)C(=O)c2ccccc2)cc1)[C@H]1CCS(=O)(=O)C1. The van der Waals surface area contributed by atoms with Gasteiger partial charge in [0.05, 0.1) is 11.5 Å². The zero-order valence-corrected chi connectivity index (χ0v) is 16.3. The molecule has 6 nitrogen and oxygen atoms in total. The molecule has 0 radical (unpaired) electrons. The topological polar surface area (TPSA) is 88.6 Å². The molecule has 1 aliphatic heterocycles. The first-order valence-electron chi connectivity index (χ1n) is 9.08. The summed E-state index contributed by atoms with van der Waals surface area (Å²) < 4.78 is 23.4. The molecular weight excluding hydrogens is 378 g/mol. The molecule has 2 aromatic rings. The van der Waals surface area contributed by atoms with E-state index in [1.54, 1.807) is 42.2 Å². The number of rotatable bonds is 6. The lowest BCUT2D eigenvalue weighted by molar-refractivity contribution is 0.0708. The first-order valence-corrected chi connectivity index (χ1v) is 10.9. The van der Waals surface area contributed by atoms with Gasteiger partial charge in [0.1, 0.15) is 0 Å². The minimum Gasteiger partial charge on any atom is -0.335 e. The quantitative estimate of drug-likeness (QED) is 0.550. The van der Waals surface area contributed by atoms with Crippen molar-refractivity contribution < 1.29 is 22.8 Å². The van der Waals surface area contributed by atoms with Gasteiger partial charge in [-0.3, -0.25) is 14.4 Å². The highest BCUT2D eigenvalue weighted by Crippen LogP contribution is 2.20. The van der Waals surface area contributed by atoms with Crippen molar-refractivity contribution in [1.82, 2.24) is 4.90 Å². The summed E-state index contributed by atoms with van der Waals surface area (Å²) in [5.74, 6) is -1.45.